The fourth-order valence-electron chi connectivity index (χ4n) is 1.41. The Hall–Kier alpha value is -0.970. The molecular weight excluding hydrogens is 294 g/mol. The van der Waals surface area contributed by atoms with Crippen molar-refractivity contribution in [3.05, 3.63) is 41.4 Å². The molecule has 0 aliphatic carbocycles. The van der Waals surface area contributed by atoms with Crippen LogP contribution in [0.2, 0.25) is 5.02 Å². The van der Waals surface area contributed by atoms with Crippen molar-refractivity contribution in [3.63, 3.8) is 0 Å². The molecule has 0 radical (unpaired) electrons. The highest BCUT2D eigenvalue weighted by Crippen LogP contribution is 2.26. The van der Waals surface area contributed by atoms with Gasteiger partial charge in [-0.1, -0.05) is 35.9 Å². The van der Waals surface area contributed by atoms with Gasteiger partial charge in [-0.15, -0.1) is 11.8 Å². The van der Waals surface area contributed by atoms with Crippen LogP contribution in [0.1, 0.15) is 13.3 Å². The minimum absolute atomic E-state index is 0.0310. The van der Waals surface area contributed by atoms with Crippen LogP contribution in [0.3, 0.4) is 0 Å². The fraction of sp³-hybridized carbons (Fsp3) is 0.400. The molecule has 0 aliphatic heterocycles. The van der Waals surface area contributed by atoms with Crippen LogP contribution in [-0.4, -0.2) is 31.4 Å². The van der Waals surface area contributed by atoms with Crippen LogP contribution in [0.15, 0.2) is 41.3 Å². The fourth-order valence-corrected chi connectivity index (χ4v) is 2.60. The van der Waals surface area contributed by atoms with Crippen LogP contribution in [0.4, 0.5) is 0 Å². The number of rotatable bonds is 9. The number of amides is 1. The van der Waals surface area contributed by atoms with E-state index in [-0.39, 0.29) is 5.91 Å². The van der Waals surface area contributed by atoms with Gasteiger partial charge in [-0.2, -0.15) is 0 Å². The Morgan fingerprint density at radius 3 is 2.90 bits per heavy atom. The predicted octanol–water partition coefficient (Wildman–Crippen LogP) is 3.53. The Bertz CT molecular complexity index is 451. The summed E-state index contributed by atoms with van der Waals surface area (Å²) in [6.07, 6.45) is 0.469. The van der Waals surface area contributed by atoms with Gasteiger partial charge in [0.25, 0.3) is 0 Å². The molecule has 0 fully saturated rings. The van der Waals surface area contributed by atoms with Gasteiger partial charge in [0.1, 0.15) is 0 Å². The zero-order valence-corrected chi connectivity index (χ0v) is 13.2. The maximum atomic E-state index is 11.6. The highest BCUT2D eigenvalue weighted by molar-refractivity contribution is 7.99. The summed E-state index contributed by atoms with van der Waals surface area (Å²) in [5.74, 6) is 0.742. The van der Waals surface area contributed by atoms with E-state index in [4.69, 9.17) is 16.3 Å². The first-order valence-corrected chi connectivity index (χ1v) is 7.82. The molecule has 0 saturated carbocycles. The van der Waals surface area contributed by atoms with Gasteiger partial charge in [0.2, 0.25) is 5.91 Å². The Labute approximate surface area is 129 Å². The molecule has 0 unspecified atom stereocenters. The minimum Gasteiger partial charge on any atom is -0.375 e. The molecule has 0 aromatic heterocycles. The van der Waals surface area contributed by atoms with Crippen LogP contribution >= 0.6 is 23.4 Å². The van der Waals surface area contributed by atoms with Crippen molar-refractivity contribution in [2.45, 2.75) is 18.2 Å². The molecule has 0 atom stereocenters. The van der Waals surface area contributed by atoms with E-state index in [0.717, 1.165) is 15.5 Å². The number of halogens is 1. The van der Waals surface area contributed by atoms with Crippen LogP contribution in [0.5, 0.6) is 0 Å². The van der Waals surface area contributed by atoms with Gasteiger partial charge in [0.15, 0.2) is 0 Å². The third kappa shape index (κ3) is 7.58. The molecule has 110 valence electrons. The molecule has 0 saturated heterocycles. The van der Waals surface area contributed by atoms with Gasteiger partial charge in [-0.3, -0.25) is 4.79 Å². The molecule has 0 aliphatic rings. The molecule has 0 spiro atoms. The minimum atomic E-state index is 0.0310. The normalized spacial score (nSPS) is 10.3. The zero-order chi connectivity index (χ0) is 14.8. The van der Waals surface area contributed by atoms with E-state index in [9.17, 15) is 4.79 Å². The molecule has 5 heteroatoms. The number of hydrogen-bond donors (Lipinski definition) is 1. The van der Waals surface area contributed by atoms with Crippen molar-refractivity contribution in [1.82, 2.24) is 5.32 Å². The van der Waals surface area contributed by atoms with Crippen LogP contribution in [0, 0.1) is 0 Å². The molecule has 3 nitrogen and oxygen atoms in total. The average Bonchev–Trinajstić information content (AvgIpc) is 2.40. The third-order valence-electron chi connectivity index (χ3n) is 2.34. The number of ether oxygens (including phenoxy) is 1. The van der Waals surface area contributed by atoms with E-state index in [2.05, 4.69) is 11.9 Å². The number of carbonyl (C=O) groups excluding carboxylic acids is 1. The molecule has 0 heterocycles. The molecule has 1 amide bonds. The summed E-state index contributed by atoms with van der Waals surface area (Å²) in [6, 6.07) is 7.64. The Kier molecular flexibility index (Phi) is 8.42. The summed E-state index contributed by atoms with van der Waals surface area (Å²) in [5.41, 5.74) is 0.979. The summed E-state index contributed by atoms with van der Waals surface area (Å²) in [5, 5.41) is 3.55. The molecular formula is C15H20ClNO2S. The van der Waals surface area contributed by atoms with E-state index < -0.39 is 0 Å². The summed E-state index contributed by atoms with van der Waals surface area (Å²) in [7, 11) is 0. The van der Waals surface area contributed by atoms with Gasteiger partial charge in [0, 0.05) is 23.6 Å². The largest absolute Gasteiger partial charge is 0.375 e. The van der Waals surface area contributed by atoms with E-state index in [1.165, 1.54) is 0 Å². The summed E-state index contributed by atoms with van der Waals surface area (Å²) >= 11 is 7.63. The van der Waals surface area contributed by atoms with E-state index >= 15 is 0 Å². The molecule has 1 aromatic carbocycles. The quantitative estimate of drug-likeness (QED) is 0.430. The Balaban J connectivity index is 2.09. The zero-order valence-electron chi connectivity index (χ0n) is 11.7. The standard InChI is InChI=1S/C15H20ClNO2S/c1-12(2)11-19-9-8-17-15(18)7-10-20-14-6-4-3-5-13(14)16/h3-6H,1,7-11H2,2H3,(H,17,18). The number of benzene rings is 1. The van der Waals surface area contributed by atoms with Crippen LogP contribution < -0.4 is 5.32 Å². The lowest BCUT2D eigenvalue weighted by Gasteiger charge is -2.07. The first-order valence-electron chi connectivity index (χ1n) is 6.45. The second-order valence-electron chi connectivity index (χ2n) is 4.39. The molecule has 20 heavy (non-hydrogen) atoms. The molecule has 0 bridgehead atoms. The van der Waals surface area contributed by atoms with Gasteiger partial charge in [0.05, 0.1) is 18.2 Å². The SMILES string of the molecule is C=C(C)COCCNC(=O)CCSc1ccccc1Cl. The molecule has 1 N–H and O–H groups in total. The van der Waals surface area contributed by atoms with Crippen molar-refractivity contribution in [1.29, 1.82) is 0 Å². The Morgan fingerprint density at radius 2 is 2.20 bits per heavy atom. The lowest BCUT2D eigenvalue weighted by Crippen LogP contribution is -2.27. The van der Waals surface area contributed by atoms with Gasteiger partial charge < -0.3 is 10.1 Å². The summed E-state index contributed by atoms with van der Waals surface area (Å²) in [4.78, 5) is 12.6. The van der Waals surface area contributed by atoms with Crippen molar-refractivity contribution in [2.24, 2.45) is 0 Å². The Morgan fingerprint density at radius 1 is 1.45 bits per heavy atom. The first kappa shape index (κ1) is 17.1. The van der Waals surface area contributed by atoms with Gasteiger partial charge >= 0.3 is 0 Å². The number of thioether (sulfide) groups is 1. The van der Waals surface area contributed by atoms with E-state index in [1.54, 1.807) is 11.8 Å². The summed E-state index contributed by atoms with van der Waals surface area (Å²) in [6.45, 7) is 7.23. The van der Waals surface area contributed by atoms with Crippen LogP contribution in [-0.2, 0) is 9.53 Å². The van der Waals surface area contributed by atoms with Crippen molar-refractivity contribution in [3.8, 4) is 0 Å². The topological polar surface area (TPSA) is 38.3 Å². The average molecular weight is 314 g/mol. The summed E-state index contributed by atoms with van der Waals surface area (Å²) < 4.78 is 5.30. The van der Waals surface area contributed by atoms with Crippen molar-refractivity contribution in [2.75, 3.05) is 25.5 Å². The van der Waals surface area contributed by atoms with Crippen molar-refractivity contribution < 1.29 is 9.53 Å². The van der Waals surface area contributed by atoms with Crippen LogP contribution in [0.25, 0.3) is 0 Å². The predicted molar refractivity (Wildman–Crippen MR) is 85.4 cm³/mol. The van der Waals surface area contributed by atoms with E-state index in [1.807, 2.05) is 31.2 Å². The van der Waals surface area contributed by atoms with E-state index in [0.29, 0.717) is 31.9 Å². The second-order valence-corrected chi connectivity index (χ2v) is 5.93. The monoisotopic (exact) mass is 313 g/mol. The lowest BCUT2D eigenvalue weighted by atomic mass is 10.4. The van der Waals surface area contributed by atoms with Crippen molar-refractivity contribution >= 4 is 29.3 Å². The van der Waals surface area contributed by atoms with Gasteiger partial charge in [-0.25, -0.2) is 0 Å². The highest BCUT2D eigenvalue weighted by Gasteiger charge is 2.03. The third-order valence-corrected chi connectivity index (χ3v) is 3.86. The second kappa shape index (κ2) is 9.86. The first-order chi connectivity index (χ1) is 9.59. The number of carbonyl (C=O) groups is 1. The van der Waals surface area contributed by atoms with Gasteiger partial charge in [-0.05, 0) is 19.1 Å². The highest BCUT2D eigenvalue weighted by atomic mass is 35.5. The lowest BCUT2D eigenvalue weighted by molar-refractivity contribution is -0.120. The number of nitrogens with one attached hydrogen (secondary N) is 1. The maximum absolute atomic E-state index is 11.6. The number of hydrogen-bond acceptors (Lipinski definition) is 3. The smallest absolute Gasteiger partial charge is 0.220 e. The molecule has 1 aromatic rings. The maximum Gasteiger partial charge on any atom is 0.220 e. The molecule has 1 rings (SSSR count).